The Labute approximate surface area is 344 Å². The zero-order valence-electron chi connectivity index (χ0n) is 47.3. The number of aromatic nitrogens is 2. The summed E-state index contributed by atoms with van der Waals surface area (Å²) in [6.45, 7) is 0. The summed E-state index contributed by atoms with van der Waals surface area (Å²) in [4.78, 5) is 9.69. The number of pyridine rings is 2. The predicted molar refractivity (Wildman–Crippen MR) is 229 cm³/mol. The molecule has 0 aliphatic heterocycles. The molecule has 0 spiro atoms. The molecule has 0 saturated carbocycles. The molecule has 0 radical (unpaired) electrons. The average Bonchev–Trinajstić information content (AvgIpc) is 3.77. The van der Waals surface area contributed by atoms with E-state index in [0.717, 1.165) is 10.8 Å². The number of fused-ring (bicyclic) bond motifs is 7. The number of furan rings is 1. The first-order valence-electron chi connectivity index (χ1n) is 26.6. The van der Waals surface area contributed by atoms with Gasteiger partial charge < -0.3 is 4.42 Å². The van der Waals surface area contributed by atoms with E-state index in [-0.39, 0.29) is 11.1 Å². The number of hydrogen-bond acceptors (Lipinski definition) is 3. The molecule has 0 amide bonds. The molecule has 11 rings (SSSR count). The van der Waals surface area contributed by atoms with E-state index in [1.54, 1.807) is 42.6 Å². The first-order valence-corrected chi connectivity index (χ1v) is 17.1. The maximum absolute atomic E-state index is 9.94. The first-order chi connectivity index (χ1) is 35.2. The molecule has 3 heterocycles. The Morgan fingerprint density at radius 2 is 1.05 bits per heavy atom. The lowest BCUT2D eigenvalue weighted by Crippen LogP contribution is -1.92. The van der Waals surface area contributed by atoms with Crippen molar-refractivity contribution >= 4 is 54.1 Å². The van der Waals surface area contributed by atoms with E-state index >= 15 is 0 Å². The molecular formula is C52H32N2O. The van der Waals surface area contributed by atoms with Crippen LogP contribution in [0.1, 0.15) is 26.0 Å². The van der Waals surface area contributed by atoms with Gasteiger partial charge in [-0.15, -0.1) is 0 Å². The summed E-state index contributed by atoms with van der Waals surface area (Å²) in [5.74, 6) is -1.19. The lowest BCUT2D eigenvalue weighted by molar-refractivity contribution is 0.599. The van der Waals surface area contributed by atoms with Crippen LogP contribution in [-0.2, 0) is 0 Å². The summed E-state index contributed by atoms with van der Waals surface area (Å²) in [6, 6.07) is 6.33. The van der Waals surface area contributed by atoms with Crippen LogP contribution in [0.25, 0.3) is 110 Å². The van der Waals surface area contributed by atoms with Gasteiger partial charge in [0.2, 0.25) is 0 Å². The van der Waals surface area contributed by atoms with Crippen molar-refractivity contribution in [3.63, 3.8) is 0 Å². The van der Waals surface area contributed by atoms with Gasteiger partial charge in [-0.3, -0.25) is 4.98 Å². The monoisotopic (exact) mass is 719 g/mol. The summed E-state index contributed by atoms with van der Waals surface area (Å²) in [5, 5.41) is 0.599. The topological polar surface area (TPSA) is 38.9 Å². The van der Waals surface area contributed by atoms with Crippen LogP contribution in [0.5, 0.6) is 0 Å². The Balaban J connectivity index is 1.40. The smallest absolute Gasteiger partial charge is 0.143 e. The maximum atomic E-state index is 9.94. The minimum atomic E-state index is -0.835. The van der Waals surface area contributed by atoms with Gasteiger partial charge in [-0.2, -0.15) is 0 Å². The van der Waals surface area contributed by atoms with Gasteiger partial charge in [0.1, 0.15) is 11.5 Å². The predicted octanol–water partition coefficient (Wildman–Crippen LogP) is 14.2. The van der Waals surface area contributed by atoms with Crippen molar-refractivity contribution in [2.24, 2.45) is 0 Å². The Bertz CT molecular complexity index is 4320. The van der Waals surface area contributed by atoms with Crippen molar-refractivity contribution in [1.82, 2.24) is 9.97 Å². The molecule has 0 unspecified atom stereocenters. The van der Waals surface area contributed by atoms with Gasteiger partial charge in [0.05, 0.1) is 42.8 Å². The molecule has 11 aromatic rings. The van der Waals surface area contributed by atoms with Crippen LogP contribution in [-0.4, -0.2) is 9.97 Å². The fourth-order valence-corrected chi connectivity index (χ4v) is 7.27. The Hall–Kier alpha value is -7.36. The summed E-state index contributed by atoms with van der Waals surface area (Å²) in [6.07, 6.45) is 1.66. The van der Waals surface area contributed by atoms with Crippen molar-refractivity contribution in [2.45, 2.75) is 0 Å². The van der Waals surface area contributed by atoms with E-state index < -0.39 is 170 Å². The minimum Gasteiger partial charge on any atom is -0.455 e. The second kappa shape index (κ2) is 12.6. The van der Waals surface area contributed by atoms with Crippen LogP contribution in [0.4, 0.5) is 0 Å². The van der Waals surface area contributed by atoms with Gasteiger partial charge in [-0.1, -0.05) is 169 Å². The highest BCUT2D eigenvalue weighted by Crippen LogP contribution is 2.52. The molecular weight excluding hydrogens is 669 g/mol. The highest BCUT2D eigenvalue weighted by molar-refractivity contribution is 6.17. The standard InChI is InChI=1S/C52H32N2O/c1-3-14-33(15-4-1)47-48(51(36-16-5-2-6-17-36)55-52(47)45-32-37-18-7-8-20-38(37)39-21-9-12-24-42(39)45)44-29-28-43(40-22-10-11-23-41(40)44)46-30-27-35-26-25-34-19-13-31-53-49(34)50(35)54-46/h1-32H/i1D,2D,3D,4D,5D,6D,7D,8D,9D,12D,14D,15D,16D,17D,18D,20D,21D,24D,32D. The summed E-state index contributed by atoms with van der Waals surface area (Å²) < 4.78 is 178. The van der Waals surface area contributed by atoms with Gasteiger partial charge in [0.15, 0.2) is 0 Å². The van der Waals surface area contributed by atoms with Crippen molar-refractivity contribution in [3.8, 4) is 56.2 Å². The molecule has 0 N–H and O–H groups in total. The summed E-state index contributed by atoms with van der Waals surface area (Å²) >= 11 is 0. The maximum Gasteiger partial charge on any atom is 0.143 e. The average molecular weight is 720 g/mol. The second-order valence-corrected chi connectivity index (χ2v) is 12.6. The molecule has 0 aliphatic rings. The first kappa shape index (κ1) is 17.6. The van der Waals surface area contributed by atoms with E-state index in [1.807, 2.05) is 36.4 Å². The van der Waals surface area contributed by atoms with Crippen LogP contribution in [0.15, 0.2) is 198 Å². The molecule has 55 heavy (non-hydrogen) atoms. The summed E-state index contributed by atoms with van der Waals surface area (Å²) in [5.41, 5.74) is 0.0574. The zero-order valence-corrected chi connectivity index (χ0v) is 28.3. The number of hydrogen-bond donors (Lipinski definition) is 0. The minimum absolute atomic E-state index is 0.135. The van der Waals surface area contributed by atoms with Crippen LogP contribution in [0.2, 0.25) is 0 Å². The van der Waals surface area contributed by atoms with Gasteiger partial charge in [0.25, 0.3) is 0 Å². The SMILES string of the molecule is [2H]c1c([2H])c([2H])c(-c2oc(-c3c([2H])c4c([2H])c([2H])c([2H])c([2H])c4c4c([2H])c([2H])c([2H])c([2H])c34)c(-c3c([2H])c([2H])c([2H])c([2H])c3[2H])c2-c2ccc(-c3ccc4ccc5cccnc5c4n3)c3ccccc23)c([2H])c1[2H]. The third kappa shape index (κ3) is 5.05. The van der Waals surface area contributed by atoms with Crippen LogP contribution < -0.4 is 0 Å². The molecule has 8 aromatic carbocycles. The fourth-order valence-electron chi connectivity index (χ4n) is 7.27. The van der Waals surface area contributed by atoms with Gasteiger partial charge in [0, 0.05) is 44.8 Å². The molecule has 3 nitrogen and oxygen atoms in total. The highest BCUT2D eigenvalue weighted by Gasteiger charge is 2.28. The van der Waals surface area contributed by atoms with E-state index in [1.165, 1.54) is 0 Å². The van der Waals surface area contributed by atoms with E-state index in [2.05, 4.69) is 4.98 Å². The normalized spacial score (nSPS) is 16.5. The third-order valence-corrected chi connectivity index (χ3v) is 9.64. The van der Waals surface area contributed by atoms with Crippen LogP contribution >= 0.6 is 0 Å². The van der Waals surface area contributed by atoms with E-state index in [9.17, 15) is 9.60 Å². The van der Waals surface area contributed by atoms with Gasteiger partial charge >= 0.3 is 0 Å². The Kier molecular flexibility index (Phi) is 4.06. The van der Waals surface area contributed by atoms with Crippen molar-refractivity contribution in [1.29, 1.82) is 0 Å². The quantitative estimate of drug-likeness (QED) is 0.166. The fraction of sp³-hybridized carbons (Fsp3) is 0. The number of benzene rings is 8. The number of rotatable bonds is 5. The Morgan fingerprint density at radius 3 is 1.85 bits per heavy atom. The van der Waals surface area contributed by atoms with Crippen LogP contribution in [0, 0.1) is 0 Å². The zero-order chi connectivity index (χ0) is 52.8. The lowest BCUT2D eigenvalue weighted by atomic mass is 9.86. The van der Waals surface area contributed by atoms with E-state index in [4.69, 9.17) is 25.9 Å². The molecule has 256 valence electrons. The number of nitrogens with zero attached hydrogens (tertiary/aromatic N) is 2. The van der Waals surface area contributed by atoms with Crippen molar-refractivity contribution < 1.29 is 30.5 Å². The third-order valence-electron chi connectivity index (χ3n) is 9.64. The largest absolute Gasteiger partial charge is 0.455 e. The molecule has 0 atom stereocenters. The summed E-state index contributed by atoms with van der Waals surface area (Å²) in [7, 11) is 0. The van der Waals surface area contributed by atoms with Gasteiger partial charge in [-0.05, 0) is 61.6 Å². The Morgan fingerprint density at radius 1 is 0.418 bits per heavy atom. The van der Waals surface area contributed by atoms with Crippen LogP contribution in [0.3, 0.4) is 0 Å². The van der Waals surface area contributed by atoms with E-state index in [0.29, 0.717) is 33.1 Å². The molecule has 0 aliphatic carbocycles. The molecule has 3 aromatic heterocycles. The van der Waals surface area contributed by atoms with Gasteiger partial charge in [-0.25, -0.2) is 4.98 Å². The highest BCUT2D eigenvalue weighted by atomic mass is 16.3. The van der Waals surface area contributed by atoms with Crippen molar-refractivity contribution in [2.75, 3.05) is 0 Å². The van der Waals surface area contributed by atoms with Crippen molar-refractivity contribution in [3.05, 3.63) is 194 Å². The molecule has 0 bridgehead atoms. The molecule has 0 saturated heterocycles. The molecule has 0 fully saturated rings. The second-order valence-electron chi connectivity index (χ2n) is 12.6. The molecule has 3 heteroatoms. The lowest BCUT2D eigenvalue weighted by Gasteiger charge is -2.15.